The molecule has 1 aromatic carbocycles. The van der Waals surface area contributed by atoms with Gasteiger partial charge in [0.15, 0.2) is 0 Å². The molecule has 0 spiro atoms. The molecule has 3 N–H and O–H groups in total. The van der Waals surface area contributed by atoms with E-state index in [0.717, 1.165) is 0 Å². The summed E-state index contributed by atoms with van der Waals surface area (Å²) in [6.07, 6.45) is -2.95. The topological polar surface area (TPSA) is 61.4 Å². The van der Waals surface area contributed by atoms with Crippen LogP contribution in [0.25, 0.3) is 0 Å². The zero-order valence-electron chi connectivity index (χ0n) is 12.6. The Kier molecular flexibility index (Phi) is 5.87. The molecule has 0 saturated heterocycles. The molecule has 1 aliphatic carbocycles. The summed E-state index contributed by atoms with van der Waals surface area (Å²) in [5.41, 5.74) is 0.510. The standard InChI is InChI=1S/C16H21F3N2O2/c17-16(18,19)14(10-11-4-2-1-3-5-11)21-15(23)20-12-6-8-13(22)9-7-12/h1-5,12-14,22H,6-10H2,(H2,20,21,23). The largest absolute Gasteiger partial charge is 0.408 e. The van der Waals surface area contributed by atoms with Crippen molar-refractivity contribution in [2.24, 2.45) is 0 Å². The number of aliphatic hydroxyl groups is 1. The van der Waals surface area contributed by atoms with Crippen LogP contribution in [0.2, 0.25) is 0 Å². The van der Waals surface area contributed by atoms with E-state index >= 15 is 0 Å². The predicted molar refractivity (Wildman–Crippen MR) is 79.9 cm³/mol. The van der Waals surface area contributed by atoms with E-state index in [2.05, 4.69) is 5.32 Å². The Hall–Kier alpha value is -1.76. The molecule has 0 heterocycles. The van der Waals surface area contributed by atoms with Gasteiger partial charge in [0.05, 0.1) is 6.10 Å². The molecular formula is C16H21F3N2O2. The van der Waals surface area contributed by atoms with Gasteiger partial charge < -0.3 is 15.7 Å². The summed E-state index contributed by atoms with van der Waals surface area (Å²) in [5, 5.41) is 14.0. The molecule has 1 atom stereocenters. The average Bonchev–Trinajstić information content (AvgIpc) is 2.49. The van der Waals surface area contributed by atoms with E-state index < -0.39 is 18.2 Å². The van der Waals surface area contributed by atoms with Gasteiger partial charge in [0.1, 0.15) is 6.04 Å². The van der Waals surface area contributed by atoms with Gasteiger partial charge in [0.25, 0.3) is 0 Å². The number of urea groups is 1. The fourth-order valence-electron chi connectivity index (χ4n) is 2.70. The van der Waals surface area contributed by atoms with Crippen LogP contribution in [0.4, 0.5) is 18.0 Å². The van der Waals surface area contributed by atoms with Crippen LogP contribution in [0, 0.1) is 0 Å². The third-order valence-electron chi connectivity index (χ3n) is 4.02. The second kappa shape index (κ2) is 7.68. The zero-order chi connectivity index (χ0) is 16.9. The average molecular weight is 330 g/mol. The van der Waals surface area contributed by atoms with Crippen molar-refractivity contribution in [3.05, 3.63) is 35.9 Å². The van der Waals surface area contributed by atoms with Crippen LogP contribution in [0.15, 0.2) is 30.3 Å². The summed E-state index contributed by atoms with van der Waals surface area (Å²) in [6, 6.07) is 5.31. The lowest BCUT2D eigenvalue weighted by molar-refractivity contribution is -0.152. The van der Waals surface area contributed by atoms with Crippen molar-refractivity contribution in [3.63, 3.8) is 0 Å². The van der Waals surface area contributed by atoms with Crippen LogP contribution in [0.3, 0.4) is 0 Å². The van der Waals surface area contributed by atoms with E-state index in [-0.39, 0.29) is 18.6 Å². The van der Waals surface area contributed by atoms with Crippen molar-refractivity contribution in [1.82, 2.24) is 10.6 Å². The van der Waals surface area contributed by atoms with Crippen molar-refractivity contribution < 1.29 is 23.1 Å². The molecule has 0 bridgehead atoms. The lowest BCUT2D eigenvalue weighted by Crippen LogP contribution is -2.53. The third-order valence-corrected chi connectivity index (χ3v) is 4.02. The van der Waals surface area contributed by atoms with Crippen molar-refractivity contribution in [1.29, 1.82) is 0 Å². The van der Waals surface area contributed by atoms with Crippen molar-refractivity contribution >= 4 is 6.03 Å². The highest BCUT2D eigenvalue weighted by molar-refractivity contribution is 5.74. The van der Waals surface area contributed by atoms with E-state index in [1.807, 2.05) is 5.32 Å². The summed E-state index contributed by atoms with van der Waals surface area (Å²) < 4.78 is 39.4. The van der Waals surface area contributed by atoms with E-state index in [9.17, 15) is 23.1 Å². The first-order valence-corrected chi connectivity index (χ1v) is 7.70. The SMILES string of the molecule is O=C(NC1CCC(O)CC1)NC(Cc1ccccc1)C(F)(F)F. The first kappa shape index (κ1) is 17.6. The van der Waals surface area contributed by atoms with Crippen LogP contribution < -0.4 is 10.6 Å². The van der Waals surface area contributed by atoms with Gasteiger partial charge >= 0.3 is 12.2 Å². The molecule has 1 fully saturated rings. The summed E-state index contributed by atoms with van der Waals surface area (Å²) in [5.74, 6) is 0. The minimum atomic E-state index is -4.52. The molecule has 0 aromatic heterocycles. The van der Waals surface area contributed by atoms with Gasteiger partial charge in [-0.3, -0.25) is 0 Å². The first-order chi connectivity index (χ1) is 10.8. The molecule has 1 unspecified atom stereocenters. The summed E-state index contributed by atoms with van der Waals surface area (Å²) in [6.45, 7) is 0. The quantitative estimate of drug-likeness (QED) is 0.795. The summed E-state index contributed by atoms with van der Waals surface area (Å²) in [7, 11) is 0. The molecule has 7 heteroatoms. The van der Waals surface area contributed by atoms with Gasteiger partial charge in [-0.1, -0.05) is 30.3 Å². The van der Waals surface area contributed by atoms with Gasteiger partial charge in [-0.05, 0) is 31.2 Å². The molecule has 4 nitrogen and oxygen atoms in total. The Morgan fingerprint density at radius 2 is 1.78 bits per heavy atom. The second-order valence-electron chi connectivity index (χ2n) is 5.91. The van der Waals surface area contributed by atoms with E-state index in [1.165, 1.54) is 0 Å². The summed E-state index contributed by atoms with van der Waals surface area (Å²) in [4.78, 5) is 11.9. The monoisotopic (exact) mass is 330 g/mol. The number of benzene rings is 1. The van der Waals surface area contributed by atoms with Crippen LogP contribution >= 0.6 is 0 Å². The number of amides is 2. The number of alkyl halides is 3. The highest BCUT2D eigenvalue weighted by atomic mass is 19.4. The molecule has 1 aliphatic rings. The van der Waals surface area contributed by atoms with Crippen molar-refractivity contribution in [2.45, 2.75) is 56.5 Å². The molecule has 23 heavy (non-hydrogen) atoms. The first-order valence-electron chi connectivity index (χ1n) is 7.70. The maximum Gasteiger partial charge on any atom is 0.408 e. The van der Waals surface area contributed by atoms with Crippen LogP contribution in [0.5, 0.6) is 0 Å². The molecule has 128 valence electrons. The van der Waals surface area contributed by atoms with E-state index in [1.54, 1.807) is 30.3 Å². The smallest absolute Gasteiger partial charge is 0.393 e. The number of hydrogen-bond donors (Lipinski definition) is 3. The van der Waals surface area contributed by atoms with E-state index in [4.69, 9.17) is 0 Å². The minimum Gasteiger partial charge on any atom is -0.393 e. The molecule has 2 amide bonds. The van der Waals surface area contributed by atoms with E-state index in [0.29, 0.717) is 31.2 Å². The van der Waals surface area contributed by atoms with Gasteiger partial charge in [0, 0.05) is 12.5 Å². The Morgan fingerprint density at radius 3 is 2.35 bits per heavy atom. The van der Waals surface area contributed by atoms with Crippen molar-refractivity contribution in [2.75, 3.05) is 0 Å². The predicted octanol–water partition coefficient (Wildman–Crippen LogP) is 2.76. The second-order valence-corrected chi connectivity index (χ2v) is 5.91. The molecule has 0 aliphatic heterocycles. The number of carbonyl (C=O) groups excluding carboxylic acids is 1. The molecule has 2 rings (SSSR count). The number of carbonyl (C=O) groups is 1. The van der Waals surface area contributed by atoms with Gasteiger partial charge in [0.2, 0.25) is 0 Å². The molecule has 1 saturated carbocycles. The number of halogens is 3. The van der Waals surface area contributed by atoms with Crippen LogP contribution in [0.1, 0.15) is 31.2 Å². The fourth-order valence-corrected chi connectivity index (χ4v) is 2.70. The van der Waals surface area contributed by atoms with Gasteiger partial charge in [-0.25, -0.2) is 4.79 Å². The van der Waals surface area contributed by atoms with Gasteiger partial charge in [-0.2, -0.15) is 13.2 Å². The maximum atomic E-state index is 13.1. The molecule has 0 radical (unpaired) electrons. The Labute approximate surface area is 133 Å². The number of rotatable bonds is 4. The Morgan fingerprint density at radius 1 is 1.17 bits per heavy atom. The number of nitrogens with one attached hydrogen (secondary N) is 2. The lowest BCUT2D eigenvalue weighted by Gasteiger charge is -2.28. The Bertz CT molecular complexity index is 500. The number of aliphatic hydroxyl groups excluding tert-OH is 1. The number of hydrogen-bond acceptors (Lipinski definition) is 2. The van der Waals surface area contributed by atoms with Gasteiger partial charge in [-0.15, -0.1) is 0 Å². The lowest BCUT2D eigenvalue weighted by atomic mass is 9.93. The highest BCUT2D eigenvalue weighted by Gasteiger charge is 2.40. The molecule has 1 aromatic rings. The van der Waals surface area contributed by atoms with Crippen LogP contribution in [-0.4, -0.2) is 35.5 Å². The Balaban J connectivity index is 1.91. The normalized spacial score (nSPS) is 23.1. The maximum absolute atomic E-state index is 13.1. The van der Waals surface area contributed by atoms with Crippen molar-refractivity contribution in [3.8, 4) is 0 Å². The highest BCUT2D eigenvalue weighted by Crippen LogP contribution is 2.23. The fraction of sp³-hybridized carbons (Fsp3) is 0.562. The molecular weight excluding hydrogens is 309 g/mol. The minimum absolute atomic E-state index is 0.191. The summed E-state index contributed by atoms with van der Waals surface area (Å²) >= 11 is 0. The van der Waals surface area contributed by atoms with Crippen LogP contribution in [-0.2, 0) is 6.42 Å². The third kappa shape index (κ3) is 5.74. The zero-order valence-corrected chi connectivity index (χ0v) is 12.6.